The molecule has 0 spiro atoms. The van der Waals surface area contributed by atoms with Crippen LogP contribution < -0.4 is 10.1 Å². The van der Waals surface area contributed by atoms with E-state index >= 15 is 0 Å². The van der Waals surface area contributed by atoms with Crippen molar-refractivity contribution < 1.29 is 14.3 Å². The van der Waals surface area contributed by atoms with Crippen molar-refractivity contribution in [2.45, 2.75) is 20.0 Å². The van der Waals surface area contributed by atoms with E-state index in [9.17, 15) is 4.79 Å². The second-order valence-electron chi connectivity index (χ2n) is 5.82. The second-order valence-corrected chi connectivity index (χ2v) is 5.82. The summed E-state index contributed by atoms with van der Waals surface area (Å²) in [5.74, 6) is 0.613. The zero-order valence-electron chi connectivity index (χ0n) is 13.2. The summed E-state index contributed by atoms with van der Waals surface area (Å²) in [7, 11) is 0. The summed E-state index contributed by atoms with van der Waals surface area (Å²) in [6, 6.07) is 15.8. The molecule has 4 heteroatoms. The molecule has 1 saturated heterocycles. The number of hydrogen-bond donors (Lipinski definition) is 1. The van der Waals surface area contributed by atoms with Crippen molar-refractivity contribution in [3.63, 3.8) is 0 Å². The first-order chi connectivity index (χ1) is 11.2. The molecule has 0 bridgehead atoms. The minimum absolute atomic E-state index is 0.00217. The standard InChI is InChI=1S/C19H21NO3/c1-14-7-8-18(23-12-15-5-3-2-4-6-15)17(11-14)20-19(21)16-9-10-22-13-16/h2-8,11,16H,9-10,12-13H2,1H3,(H,20,21)/t16-/m1/s1. The molecule has 1 heterocycles. The Morgan fingerprint density at radius 2 is 2.09 bits per heavy atom. The molecule has 1 N–H and O–H groups in total. The Labute approximate surface area is 136 Å². The van der Waals surface area contributed by atoms with Gasteiger partial charge in [0.2, 0.25) is 5.91 Å². The number of benzene rings is 2. The maximum Gasteiger partial charge on any atom is 0.230 e. The third-order valence-corrected chi connectivity index (χ3v) is 3.93. The first-order valence-electron chi connectivity index (χ1n) is 7.88. The van der Waals surface area contributed by atoms with Gasteiger partial charge in [0.15, 0.2) is 0 Å². The van der Waals surface area contributed by atoms with Gasteiger partial charge in [-0.15, -0.1) is 0 Å². The van der Waals surface area contributed by atoms with Gasteiger partial charge < -0.3 is 14.8 Å². The molecule has 1 atom stereocenters. The van der Waals surface area contributed by atoms with Crippen LogP contribution >= 0.6 is 0 Å². The van der Waals surface area contributed by atoms with Gasteiger partial charge in [0.05, 0.1) is 18.2 Å². The van der Waals surface area contributed by atoms with E-state index in [4.69, 9.17) is 9.47 Å². The van der Waals surface area contributed by atoms with E-state index in [0.717, 1.165) is 23.2 Å². The highest BCUT2D eigenvalue weighted by atomic mass is 16.5. The Balaban J connectivity index is 1.71. The van der Waals surface area contributed by atoms with Crippen LogP contribution in [0.25, 0.3) is 0 Å². The molecule has 3 rings (SSSR count). The van der Waals surface area contributed by atoms with Crippen molar-refractivity contribution in [2.75, 3.05) is 18.5 Å². The van der Waals surface area contributed by atoms with Crippen LogP contribution in [0.5, 0.6) is 5.75 Å². The van der Waals surface area contributed by atoms with E-state index in [0.29, 0.717) is 25.6 Å². The molecule has 1 amide bonds. The van der Waals surface area contributed by atoms with Crippen LogP contribution in [-0.2, 0) is 16.1 Å². The van der Waals surface area contributed by atoms with Gasteiger partial charge in [0.25, 0.3) is 0 Å². The maximum atomic E-state index is 12.3. The maximum absolute atomic E-state index is 12.3. The molecule has 1 fully saturated rings. The third kappa shape index (κ3) is 4.11. The summed E-state index contributed by atoms with van der Waals surface area (Å²) >= 11 is 0. The minimum atomic E-state index is -0.0718. The number of rotatable bonds is 5. The number of anilines is 1. The molecule has 4 nitrogen and oxygen atoms in total. The number of carbonyl (C=O) groups is 1. The van der Waals surface area contributed by atoms with Crippen LogP contribution in [0.1, 0.15) is 17.5 Å². The fourth-order valence-electron chi connectivity index (χ4n) is 2.58. The Morgan fingerprint density at radius 1 is 1.26 bits per heavy atom. The number of amides is 1. The van der Waals surface area contributed by atoms with Crippen molar-refractivity contribution in [3.8, 4) is 5.75 Å². The first-order valence-corrected chi connectivity index (χ1v) is 7.88. The number of aryl methyl sites for hydroxylation is 1. The summed E-state index contributed by atoms with van der Waals surface area (Å²) < 4.78 is 11.2. The number of carbonyl (C=O) groups excluding carboxylic acids is 1. The molecule has 0 radical (unpaired) electrons. The lowest BCUT2D eigenvalue weighted by molar-refractivity contribution is -0.119. The first kappa shape index (κ1) is 15.6. The topological polar surface area (TPSA) is 47.6 Å². The van der Waals surface area contributed by atoms with E-state index in [2.05, 4.69) is 5.32 Å². The van der Waals surface area contributed by atoms with E-state index in [1.54, 1.807) is 0 Å². The molecule has 0 aromatic heterocycles. The lowest BCUT2D eigenvalue weighted by Gasteiger charge is -2.15. The van der Waals surface area contributed by atoms with Crippen molar-refractivity contribution in [1.82, 2.24) is 0 Å². The molecule has 0 saturated carbocycles. The van der Waals surface area contributed by atoms with Gasteiger partial charge in [-0.2, -0.15) is 0 Å². The van der Waals surface area contributed by atoms with Crippen LogP contribution in [0, 0.1) is 12.8 Å². The third-order valence-electron chi connectivity index (χ3n) is 3.93. The number of ether oxygens (including phenoxy) is 2. The largest absolute Gasteiger partial charge is 0.487 e. The Kier molecular flexibility index (Phi) is 4.93. The highest BCUT2D eigenvalue weighted by Gasteiger charge is 2.24. The molecule has 2 aromatic carbocycles. The van der Waals surface area contributed by atoms with Crippen molar-refractivity contribution in [1.29, 1.82) is 0 Å². The van der Waals surface area contributed by atoms with Gasteiger partial charge >= 0.3 is 0 Å². The second kappa shape index (κ2) is 7.29. The van der Waals surface area contributed by atoms with Gasteiger partial charge in [-0.25, -0.2) is 0 Å². The smallest absolute Gasteiger partial charge is 0.230 e. The Hall–Kier alpha value is -2.33. The van der Waals surface area contributed by atoms with Crippen LogP contribution in [0.2, 0.25) is 0 Å². The summed E-state index contributed by atoms with van der Waals surface area (Å²) in [5, 5.41) is 2.99. The Bertz CT molecular complexity index is 664. The predicted molar refractivity (Wildman–Crippen MR) is 89.5 cm³/mol. The molecule has 120 valence electrons. The average Bonchev–Trinajstić information content (AvgIpc) is 3.10. The van der Waals surface area contributed by atoms with Gasteiger partial charge in [-0.1, -0.05) is 36.4 Å². The van der Waals surface area contributed by atoms with E-state index in [1.807, 2.05) is 55.5 Å². The molecule has 23 heavy (non-hydrogen) atoms. The fraction of sp³-hybridized carbons (Fsp3) is 0.316. The summed E-state index contributed by atoms with van der Waals surface area (Å²) in [5.41, 5.74) is 2.89. The highest BCUT2D eigenvalue weighted by molar-refractivity contribution is 5.94. The van der Waals surface area contributed by atoms with Crippen molar-refractivity contribution in [3.05, 3.63) is 59.7 Å². The number of hydrogen-bond acceptors (Lipinski definition) is 3. The number of nitrogens with one attached hydrogen (secondary N) is 1. The molecule has 0 unspecified atom stereocenters. The van der Waals surface area contributed by atoms with Gasteiger partial charge in [0, 0.05) is 6.61 Å². The minimum Gasteiger partial charge on any atom is -0.487 e. The van der Waals surface area contributed by atoms with Crippen LogP contribution in [0.15, 0.2) is 48.5 Å². The lowest BCUT2D eigenvalue weighted by atomic mass is 10.1. The van der Waals surface area contributed by atoms with Crippen LogP contribution in [0.4, 0.5) is 5.69 Å². The highest BCUT2D eigenvalue weighted by Crippen LogP contribution is 2.28. The fourth-order valence-corrected chi connectivity index (χ4v) is 2.58. The molecule has 2 aromatic rings. The zero-order chi connectivity index (χ0) is 16.1. The average molecular weight is 311 g/mol. The molecule has 1 aliphatic rings. The van der Waals surface area contributed by atoms with Crippen LogP contribution in [0.3, 0.4) is 0 Å². The quantitative estimate of drug-likeness (QED) is 0.918. The van der Waals surface area contributed by atoms with Gasteiger partial charge in [-0.05, 0) is 36.6 Å². The molecular weight excluding hydrogens is 290 g/mol. The normalized spacial score (nSPS) is 17.0. The lowest BCUT2D eigenvalue weighted by Crippen LogP contribution is -2.23. The Morgan fingerprint density at radius 3 is 2.83 bits per heavy atom. The van der Waals surface area contributed by atoms with Crippen molar-refractivity contribution >= 4 is 11.6 Å². The van der Waals surface area contributed by atoms with Gasteiger partial charge in [0.1, 0.15) is 12.4 Å². The van der Waals surface area contributed by atoms with E-state index in [-0.39, 0.29) is 11.8 Å². The van der Waals surface area contributed by atoms with Crippen LogP contribution in [-0.4, -0.2) is 19.1 Å². The SMILES string of the molecule is Cc1ccc(OCc2ccccc2)c(NC(=O)[C@@H]2CCOC2)c1. The summed E-state index contributed by atoms with van der Waals surface area (Å²) in [4.78, 5) is 12.3. The molecule has 0 aliphatic carbocycles. The van der Waals surface area contributed by atoms with Crippen molar-refractivity contribution in [2.24, 2.45) is 5.92 Å². The van der Waals surface area contributed by atoms with E-state index < -0.39 is 0 Å². The summed E-state index contributed by atoms with van der Waals surface area (Å²) in [6.07, 6.45) is 0.776. The predicted octanol–water partition coefficient (Wildman–Crippen LogP) is 3.55. The van der Waals surface area contributed by atoms with Gasteiger partial charge in [-0.3, -0.25) is 4.79 Å². The zero-order valence-corrected chi connectivity index (χ0v) is 13.2. The molecular formula is C19H21NO3. The summed E-state index contributed by atoms with van der Waals surface area (Å²) in [6.45, 7) is 3.62. The molecule has 1 aliphatic heterocycles. The monoisotopic (exact) mass is 311 g/mol. The van der Waals surface area contributed by atoms with E-state index in [1.165, 1.54) is 0 Å².